The number of nitrogens with one attached hydrogen (secondary N) is 3. The van der Waals surface area contributed by atoms with Crippen molar-refractivity contribution < 1.29 is 9.32 Å². The second kappa shape index (κ2) is 10.2. The molecule has 1 unspecified atom stereocenters. The number of hydrogen-bond acceptors (Lipinski definition) is 5. The van der Waals surface area contributed by atoms with Crippen LogP contribution in [0, 0.1) is 6.92 Å². The fourth-order valence-electron chi connectivity index (χ4n) is 2.94. The predicted molar refractivity (Wildman–Crippen MR) is 115 cm³/mol. The highest BCUT2D eigenvalue weighted by atomic mass is 127. The Kier molecular flexibility index (Phi) is 8.01. The molecule has 0 saturated carbocycles. The maximum Gasteiger partial charge on any atom is 0.228 e. The SMILES string of the molecule is CCNC(=NCC1CC(=O)Nc2ccccc21)NCCc1nc(C)no1.I. The normalized spacial score (nSPS) is 16.1. The Morgan fingerprint density at radius 1 is 1.37 bits per heavy atom. The van der Waals surface area contributed by atoms with Crippen LogP contribution < -0.4 is 16.0 Å². The maximum absolute atomic E-state index is 11.9. The van der Waals surface area contributed by atoms with Gasteiger partial charge in [-0.3, -0.25) is 9.79 Å². The van der Waals surface area contributed by atoms with E-state index in [1.54, 1.807) is 6.92 Å². The number of amides is 1. The van der Waals surface area contributed by atoms with Gasteiger partial charge in [-0.15, -0.1) is 24.0 Å². The largest absolute Gasteiger partial charge is 0.357 e. The molecule has 1 aliphatic rings. The number of rotatable bonds is 6. The van der Waals surface area contributed by atoms with Gasteiger partial charge in [0.1, 0.15) is 0 Å². The number of guanidine groups is 1. The molecule has 3 N–H and O–H groups in total. The van der Waals surface area contributed by atoms with E-state index in [-0.39, 0.29) is 35.8 Å². The van der Waals surface area contributed by atoms with Crippen molar-refractivity contribution in [3.8, 4) is 0 Å². The van der Waals surface area contributed by atoms with E-state index in [4.69, 9.17) is 4.52 Å². The fraction of sp³-hybridized carbons (Fsp3) is 0.444. The van der Waals surface area contributed by atoms with Crippen LogP contribution in [0.15, 0.2) is 33.8 Å². The summed E-state index contributed by atoms with van der Waals surface area (Å²) in [6.45, 7) is 5.74. The molecule has 1 aromatic heterocycles. The van der Waals surface area contributed by atoms with Crippen molar-refractivity contribution in [3.63, 3.8) is 0 Å². The number of carbonyl (C=O) groups excluding carboxylic acids is 1. The van der Waals surface area contributed by atoms with Crippen molar-refractivity contribution in [1.29, 1.82) is 0 Å². The third kappa shape index (κ3) is 5.91. The molecule has 1 atom stereocenters. The van der Waals surface area contributed by atoms with Crippen molar-refractivity contribution >= 4 is 41.5 Å². The molecule has 1 amide bonds. The van der Waals surface area contributed by atoms with Gasteiger partial charge in [-0.1, -0.05) is 23.4 Å². The van der Waals surface area contributed by atoms with Crippen molar-refractivity contribution in [1.82, 2.24) is 20.8 Å². The Labute approximate surface area is 175 Å². The molecule has 0 saturated heterocycles. The summed E-state index contributed by atoms with van der Waals surface area (Å²) in [6.07, 6.45) is 1.07. The number of benzene rings is 1. The Bertz CT molecular complexity index is 792. The van der Waals surface area contributed by atoms with Gasteiger partial charge in [0.15, 0.2) is 11.8 Å². The van der Waals surface area contributed by atoms with Crippen molar-refractivity contribution in [3.05, 3.63) is 41.5 Å². The lowest BCUT2D eigenvalue weighted by Crippen LogP contribution is -2.39. The summed E-state index contributed by atoms with van der Waals surface area (Å²) in [4.78, 5) is 20.8. The zero-order valence-electron chi connectivity index (χ0n) is 15.5. The Morgan fingerprint density at radius 2 is 2.19 bits per heavy atom. The fourth-order valence-corrected chi connectivity index (χ4v) is 2.94. The summed E-state index contributed by atoms with van der Waals surface area (Å²) >= 11 is 0. The van der Waals surface area contributed by atoms with Crippen LogP contribution in [0.25, 0.3) is 0 Å². The quantitative estimate of drug-likeness (QED) is 0.330. The van der Waals surface area contributed by atoms with E-state index >= 15 is 0 Å². The summed E-state index contributed by atoms with van der Waals surface area (Å²) in [5.74, 6) is 2.06. The first-order valence-electron chi connectivity index (χ1n) is 8.86. The predicted octanol–water partition coefficient (Wildman–Crippen LogP) is 2.22. The molecule has 8 nitrogen and oxygen atoms in total. The first-order valence-corrected chi connectivity index (χ1v) is 8.86. The number of hydrogen-bond donors (Lipinski definition) is 3. The van der Waals surface area contributed by atoms with Crippen LogP contribution in [-0.4, -0.2) is 41.6 Å². The lowest BCUT2D eigenvalue weighted by Gasteiger charge is -2.24. The van der Waals surface area contributed by atoms with E-state index in [0.717, 1.165) is 17.8 Å². The van der Waals surface area contributed by atoms with Gasteiger partial charge in [0.05, 0.1) is 6.54 Å². The summed E-state index contributed by atoms with van der Waals surface area (Å²) in [6, 6.07) is 7.89. The number of aromatic nitrogens is 2. The van der Waals surface area contributed by atoms with Gasteiger partial charge in [-0.05, 0) is 25.5 Å². The number of nitrogens with zero attached hydrogens (tertiary/aromatic N) is 3. The minimum atomic E-state index is 0. The van der Waals surface area contributed by atoms with Crippen LogP contribution in [0.5, 0.6) is 0 Å². The van der Waals surface area contributed by atoms with Gasteiger partial charge in [-0.25, -0.2) is 0 Å². The molecule has 1 aliphatic heterocycles. The summed E-state index contributed by atoms with van der Waals surface area (Å²) in [7, 11) is 0. The molecule has 27 heavy (non-hydrogen) atoms. The van der Waals surface area contributed by atoms with E-state index in [0.29, 0.717) is 43.6 Å². The standard InChI is InChI=1S/C18H24N6O2.HI/c1-3-19-18(20-9-8-17-22-12(2)24-26-17)21-11-13-10-16(25)23-15-7-5-4-6-14(13)15;/h4-7,13H,3,8-11H2,1-2H3,(H,23,25)(H2,19,20,21);1H. The van der Waals surface area contributed by atoms with Gasteiger partial charge < -0.3 is 20.5 Å². The number of carbonyl (C=O) groups is 1. The minimum absolute atomic E-state index is 0. The molecule has 0 bridgehead atoms. The third-order valence-corrected chi connectivity index (χ3v) is 4.12. The van der Waals surface area contributed by atoms with Crippen LogP contribution in [0.1, 0.15) is 36.5 Å². The molecule has 0 fully saturated rings. The second-order valence-corrected chi connectivity index (χ2v) is 6.17. The van der Waals surface area contributed by atoms with Gasteiger partial charge >= 0.3 is 0 Å². The van der Waals surface area contributed by atoms with Crippen LogP contribution in [-0.2, 0) is 11.2 Å². The van der Waals surface area contributed by atoms with E-state index < -0.39 is 0 Å². The van der Waals surface area contributed by atoms with Gasteiger partial charge in [0.25, 0.3) is 0 Å². The van der Waals surface area contributed by atoms with E-state index in [1.807, 2.05) is 31.2 Å². The Hall–Kier alpha value is -2.17. The molecule has 146 valence electrons. The second-order valence-electron chi connectivity index (χ2n) is 6.17. The summed E-state index contributed by atoms with van der Waals surface area (Å²) in [5.41, 5.74) is 2.02. The molecule has 2 heterocycles. The topological polar surface area (TPSA) is 104 Å². The lowest BCUT2D eigenvalue weighted by molar-refractivity contribution is -0.116. The van der Waals surface area contributed by atoms with E-state index in [9.17, 15) is 4.79 Å². The average molecular weight is 484 g/mol. The van der Waals surface area contributed by atoms with Crippen LogP contribution in [0.3, 0.4) is 0 Å². The number of fused-ring (bicyclic) bond motifs is 1. The highest BCUT2D eigenvalue weighted by Crippen LogP contribution is 2.31. The minimum Gasteiger partial charge on any atom is -0.357 e. The molecular weight excluding hydrogens is 459 g/mol. The highest BCUT2D eigenvalue weighted by molar-refractivity contribution is 14.0. The monoisotopic (exact) mass is 484 g/mol. The molecular formula is C18H25IN6O2. The van der Waals surface area contributed by atoms with Crippen LogP contribution in [0.4, 0.5) is 5.69 Å². The third-order valence-electron chi connectivity index (χ3n) is 4.12. The molecule has 3 rings (SSSR count). The Balaban J connectivity index is 0.00000261. The van der Waals surface area contributed by atoms with Crippen LogP contribution in [0.2, 0.25) is 0 Å². The first kappa shape index (κ1) is 21.1. The molecule has 0 radical (unpaired) electrons. The zero-order chi connectivity index (χ0) is 18.4. The smallest absolute Gasteiger partial charge is 0.228 e. The highest BCUT2D eigenvalue weighted by Gasteiger charge is 2.24. The molecule has 1 aromatic carbocycles. The van der Waals surface area contributed by atoms with Gasteiger partial charge in [0.2, 0.25) is 11.8 Å². The average Bonchev–Trinajstić information content (AvgIpc) is 3.04. The lowest BCUT2D eigenvalue weighted by atomic mass is 9.91. The molecule has 2 aromatic rings. The van der Waals surface area contributed by atoms with E-state index in [2.05, 4.69) is 31.1 Å². The summed E-state index contributed by atoms with van der Waals surface area (Å²) < 4.78 is 5.11. The summed E-state index contributed by atoms with van der Waals surface area (Å²) in [5, 5.41) is 13.2. The maximum atomic E-state index is 11.9. The Morgan fingerprint density at radius 3 is 2.93 bits per heavy atom. The van der Waals surface area contributed by atoms with Crippen molar-refractivity contribution in [2.24, 2.45) is 4.99 Å². The van der Waals surface area contributed by atoms with Crippen LogP contribution >= 0.6 is 24.0 Å². The number of aliphatic imine (C=N–C) groups is 1. The van der Waals surface area contributed by atoms with Crippen molar-refractivity contribution in [2.75, 3.05) is 25.0 Å². The molecule has 9 heteroatoms. The van der Waals surface area contributed by atoms with E-state index in [1.165, 1.54) is 0 Å². The molecule has 0 spiro atoms. The van der Waals surface area contributed by atoms with Crippen molar-refractivity contribution in [2.45, 2.75) is 32.6 Å². The van der Waals surface area contributed by atoms with Gasteiger partial charge in [0, 0.05) is 37.5 Å². The molecule has 0 aliphatic carbocycles. The zero-order valence-corrected chi connectivity index (χ0v) is 17.8. The number of aryl methyl sites for hydroxylation is 1. The number of halogens is 1. The number of anilines is 1. The first-order chi connectivity index (χ1) is 12.7. The van der Waals surface area contributed by atoms with Gasteiger partial charge in [-0.2, -0.15) is 4.98 Å². The number of para-hydroxylation sites is 1.